The molecule has 0 fully saturated rings. The molecule has 1 aliphatic heterocycles. The molecule has 1 aromatic heterocycles. The molecular weight excluding hydrogens is 386 g/mol. The van der Waals surface area contributed by atoms with E-state index in [1.807, 2.05) is 0 Å². The van der Waals surface area contributed by atoms with E-state index in [0.717, 1.165) is 9.13 Å². The molecule has 1 aliphatic rings. The van der Waals surface area contributed by atoms with Gasteiger partial charge in [0.2, 0.25) is 11.5 Å². The Hall–Kier alpha value is -3.76. The summed E-state index contributed by atoms with van der Waals surface area (Å²) in [5.74, 6) is -1.03. The van der Waals surface area contributed by atoms with Crippen LogP contribution < -0.4 is 31.2 Å². The molecule has 11 heteroatoms. The number of esters is 1. The smallest absolute Gasteiger partial charge is 0.338 e. The van der Waals surface area contributed by atoms with Crippen LogP contribution in [-0.4, -0.2) is 47.8 Å². The molecule has 11 nitrogen and oxygen atoms in total. The highest BCUT2D eigenvalue weighted by Gasteiger charge is 2.24. The first-order valence-corrected chi connectivity index (χ1v) is 8.49. The first kappa shape index (κ1) is 20.0. The number of carbonyl (C=O) groups is 2. The number of hydrogen-bond acceptors (Lipinski definition) is 9. The van der Waals surface area contributed by atoms with Crippen LogP contribution in [0.3, 0.4) is 0 Å². The van der Waals surface area contributed by atoms with Crippen LogP contribution in [0.1, 0.15) is 20.7 Å². The van der Waals surface area contributed by atoms with E-state index >= 15 is 0 Å². The van der Waals surface area contributed by atoms with E-state index < -0.39 is 35.2 Å². The van der Waals surface area contributed by atoms with Crippen LogP contribution in [0.25, 0.3) is 0 Å². The largest absolute Gasteiger partial charge is 0.493 e. The Morgan fingerprint density at radius 2 is 1.83 bits per heavy atom. The van der Waals surface area contributed by atoms with Crippen molar-refractivity contribution < 1.29 is 28.5 Å². The Labute approximate surface area is 164 Å². The van der Waals surface area contributed by atoms with Gasteiger partial charge in [0, 0.05) is 14.1 Å². The number of Topliss-reactive ketones (excluding diaryl/α,β-unsaturated/α-hetero) is 1. The molecular formula is C18H19N3O8. The molecule has 2 N–H and O–H groups in total. The van der Waals surface area contributed by atoms with Crippen LogP contribution in [0.5, 0.6) is 17.2 Å². The predicted octanol–water partition coefficient (Wildman–Crippen LogP) is -0.514. The second-order valence-corrected chi connectivity index (χ2v) is 6.17. The number of ketones is 1. The molecule has 154 valence electrons. The third kappa shape index (κ3) is 3.53. The summed E-state index contributed by atoms with van der Waals surface area (Å²) in [5.41, 5.74) is 3.82. The minimum atomic E-state index is -0.868. The SMILES string of the molecule is COc1cc(C(=O)OCC(=O)c2c(N)n(C)c(=O)n(C)c2=O)cc2c1OCCO2. The van der Waals surface area contributed by atoms with Crippen LogP contribution in [-0.2, 0) is 18.8 Å². The summed E-state index contributed by atoms with van der Waals surface area (Å²) in [7, 11) is 3.94. The molecule has 0 saturated heterocycles. The van der Waals surface area contributed by atoms with Gasteiger partial charge >= 0.3 is 11.7 Å². The fraction of sp³-hybridized carbons (Fsp3) is 0.333. The summed E-state index contributed by atoms with van der Waals surface area (Å²) >= 11 is 0. The lowest BCUT2D eigenvalue weighted by molar-refractivity contribution is 0.0473. The van der Waals surface area contributed by atoms with Gasteiger partial charge in [0.25, 0.3) is 5.56 Å². The molecule has 1 aromatic carbocycles. The number of methoxy groups -OCH3 is 1. The first-order valence-electron chi connectivity index (χ1n) is 8.49. The van der Waals surface area contributed by atoms with Crippen molar-refractivity contribution >= 4 is 17.6 Å². The normalized spacial score (nSPS) is 12.4. The van der Waals surface area contributed by atoms with Gasteiger partial charge in [-0.15, -0.1) is 0 Å². The zero-order chi connectivity index (χ0) is 21.3. The lowest BCUT2D eigenvalue weighted by atomic mass is 10.1. The quantitative estimate of drug-likeness (QED) is 0.514. The maximum Gasteiger partial charge on any atom is 0.338 e. The van der Waals surface area contributed by atoms with E-state index in [9.17, 15) is 19.2 Å². The van der Waals surface area contributed by atoms with E-state index in [1.54, 1.807) is 0 Å². The second kappa shape index (κ2) is 7.70. The Bertz CT molecular complexity index is 1100. The molecule has 0 radical (unpaired) electrons. The van der Waals surface area contributed by atoms with Crippen LogP contribution in [0, 0.1) is 0 Å². The number of fused-ring (bicyclic) bond motifs is 1. The summed E-state index contributed by atoms with van der Waals surface area (Å²) in [4.78, 5) is 48.9. The van der Waals surface area contributed by atoms with E-state index in [1.165, 1.54) is 33.3 Å². The Morgan fingerprint density at radius 3 is 2.52 bits per heavy atom. The highest BCUT2D eigenvalue weighted by Crippen LogP contribution is 2.40. The second-order valence-electron chi connectivity index (χ2n) is 6.17. The number of nitrogens with zero attached hydrogens (tertiary/aromatic N) is 2. The number of ether oxygens (including phenoxy) is 4. The Morgan fingerprint density at radius 1 is 1.14 bits per heavy atom. The monoisotopic (exact) mass is 405 g/mol. The highest BCUT2D eigenvalue weighted by atomic mass is 16.6. The van der Waals surface area contributed by atoms with Crippen LogP contribution in [0.2, 0.25) is 0 Å². The number of benzene rings is 1. The maximum absolute atomic E-state index is 12.4. The predicted molar refractivity (Wildman–Crippen MR) is 99.9 cm³/mol. The van der Waals surface area contributed by atoms with Gasteiger partial charge < -0.3 is 24.7 Å². The van der Waals surface area contributed by atoms with Gasteiger partial charge in [0.1, 0.15) is 24.6 Å². The summed E-state index contributed by atoms with van der Waals surface area (Å²) < 4.78 is 22.8. The van der Waals surface area contributed by atoms with Crippen molar-refractivity contribution in [3.63, 3.8) is 0 Å². The van der Waals surface area contributed by atoms with Crippen molar-refractivity contribution in [2.75, 3.05) is 32.7 Å². The molecule has 0 bridgehead atoms. The van der Waals surface area contributed by atoms with Gasteiger partial charge in [0.15, 0.2) is 18.1 Å². The van der Waals surface area contributed by atoms with Crippen LogP contribution in [0.15, 0.2) is 21.7 Å². The standard InChI is InChI=1S/C18H19N3O8/c1-20-15(19)13(16(23)21(2)18(20)25)10(22)8-29-17(24)9-6-11(26-3)14-12(7-9)27-4-5-28-14/h6-7H,4-5,8,19H2,1-3H3. The van der Waals surface area contributed by atoms with Crippen molar-refractivity contribution in [3.8, 4) is 17.2 Å². The summed E-state index contributed by atoms with van der Waals surface area (Å²) in [5, 5.41) is 0. The number of hydrogen-bond donors (Lipinski definition) is 1. The van der Waals surface area contributed by atoms with E-state index in [4.69, 9.17) is 24.7 Å². The minimum Gasteiger partial charge on any atom is -0.493 e. The topological polar surface area (TPSA) is 141 Å². The molecule has 0 saturated carbocycles. The number of rotatable bonds is 5. The minimum absolute atomic E-state index is 0.0697. The summed E-state index contributed by atoms with van der Waals surface area (Å²) in [6.07, 6.45) is 0. The number of carbonyl (C=O) groups excluding carboxylic acids is 2. The van der Waals surface area contributed by atoms with Gasteiger partial charge in [0.05, 0.1) is 12.7 Å². The molecule has 0 spiro atoms. The zero-order valence-electron chi connectivity index (χ0n) is 16.0. The molecule has 0 amide bonds. The molecule has 2 heterocycles. The van der Waals surface area contributed by atoms with Crippen LogP contribution in [0.4, 0.5) is 5.82 Å². The molecule has 3 rings (SSSR count). The number of nitrogen functional groups attached to an aromatic ring is 1. The third-order valence-electron chi connectivity index (χ3n) is 4.39. The fourth-order valence-corrected chi connectivity index (χ4v) is 2.80. The Balaban J connectivity index is 1.83. The van der Waals surface area contributed by atoms with Gasteiger partial charge in [-0.25, -0.2) is 9.59 Å². The average Bonchev–Trinajstić information content (AvgIpc) is 2.73. The first-order chi connectivity index (χ1) is 13.8. The van der Waals surface area contributed by atoms with E-state index in [2.05, 4.69) is 0 Å². The molecule has 29 heavy (non-hydrogen) atoms. The summed E-state index contributed by atoms with van der Waals surface area (Å²) in [6.45, 7) is -0.0900. The highest BCUT2D eigenvalue weighted by molar-refractivity contribution is 6.02. The number of anilines is 1. The van der Waals surface area contributed by atoms with E-state index in [-0.39, 0.29) is 17.1 Å². The molecule has 2 aromatic rings. The van der Waals surface area contributed by atoms with Crippen molar-refractivity contribution in [3.05, 3.63) is 44.1 Å². The van der Waals surface area contributed by atoms with Crippen molar-refractivity contribution in [1.82, 2.24) is 9.13 Å². The van der Waals surface area contributed by atoms with Gasteiger partial charge in [-0.3, -0.25) is 18.7 Å². The molecule has 0 unspecified atom stereocenters. The number of aromatic nitrogens is 2. The molecule has 0 atom stereocenters. The van der Waals surface area contributed by atoms with Gasteiger partial charge in [-0.1, -0.05) is 0 Å². The number of nitrogens with two attached hydrogens (primary N) is 1. The average molecular weight is 405 g/mol. The van der Waals surface area contributed by atoms with Crippen molar-refractivity contribution in [2.45, 2.75) is 0 Å². The fourth-order valence-electron chi connectivity index (χ4n) is 2.80. The van der Waals surface area contributed by atoms with E-state index in [0.29, 0.717) is 24.7 Å². The molecule has 0 aliphatic carbocycles. The lowest BCUT2D eigenvalue weighted by Crippen LogP contribution is -2.42. The third-order valence-corrected chi connectivity index (χ3v) is 4.39. The van der Waals surface area contributed by atoms with Gasteiger partial charge in [-0.2, -0.15) is 0 Å². The zero-order valence-corrected chi connectivity index (χ0v) is 16.0. The van der Waals surface area contributed by atoms with Gasteiger partial charge in [-0.05, 0) is 12.1 Å². The van der Waals surface area contributed by atoms with Crippen LogP contribution >= 0.6 is 0 Å². The van der Waals surface area contributed by atoms with Crippen molar-refractivity contribution in [1.29, 1.82) is 0 Å². The van der Waals surface area contributed by atoms with Crippen molar-refractivity contribution in [2.24, 2.45) is 14.1 Å². The maximum atomic E-state index is 12.4. The summed E-state index contributed by atoms with van der Waals surface area (Å²) in [6, 6.07) is 2.80. The Kier molecular flexibility index (Phi) is 5.31. The lowest BCUT2D eigenvalue weighted by Gasteiger charge is -2.21.